The Kier molecular flexibility index (Phi) is 7.87. The molecule has 0 aliphatic heterocycles. The summed E-state index contributed by atoms with van der Waals surface area (Å²) < 4.78 is 0. The molecule has 1 unspecified atom stereocenters. The molecule has 0 fully saturated rings. The minimum Gasteiger partial charge on any atom is -0.396 e. The number of hydrogen-bond donors (Lipinski definition) is 1. The van der Waals surface area contributed by atoms with E-state index in [4.69, 9.17) is 5.11 Å². The number of hydrogen-bond acceptors (Lipinski definition) is 2. The van der Waals surface area contributed by atoms with Crippen LogP contribution in [0.2, 0.25) is 0 Å². The highest BCUT2D eigenvalue weighted by molar-refractivity contribution is 9.09. The lowest BCUT2D eigenvalue weighted by molar-refractivity contribution is 0.129. The van der Waals surface area contributed by atoms with Gasteiger partial charge in [-0.2, -0.15) is 0 Å². The Morgan fingerprint density at radius 2 is 1.81 bits per heavy atom. The van der Waals surface area contributed by atoms with Crippen LogP contribution in [-0.4, -0.2) is 41.1 Å². The van der Waals surface area contributed by atoms with Crippen molar-refractivity contribution in [2.24, 2.45) is 11.3 Å². The van der Waals surface area contributed by atoms with Crippen molar-refractivity contribution in [2.75, 3.05) is 25.0 Å². The molecule has 0 radical (unpaired) electrons. The molecule has 0 bridgehead atoms. The molecular weight excluding hydrogens is 266 g/mol. The van der Waals surface area contributed by atoms with Gasteiger partial charge in [-0.05, 0) is 31.6 Å². The quantitative estimate of drug-likeness (QED) is 0.729. The first-order valence-corrected chi connectivity index (χ1v) is 7.36. The largest absolute Gasteiger partial charge is 0.396 e. The Hall–Kier alpha value is 0.400. The van der Waals surface area contributed by atoms with Gasteiger partial charge in [-0.25, -0.2) is 0 Å². The van der Waals surface area contributed by atoms with Gasteiger partial charge < -0.3 is 10.0 Å². The van der Waals surface area contributed by atoms with Crippen molar-refractivity contribution < 1.29 is 5.11 Å². The highest BCUT2D eigenvalue weighted by Crippen LogP contribution is 2.28. The number of nitrogens with zero attached hydrogens (tertiary/aromatic N) is 1. The smallest absolute Gasteiger partial charge is 0.0443 e. The van der Waals surface area contributed by atoms with Gasteiger partial charge in [0.15, 0.2) is 0 Å². The zero-order valence-corrected chi connectivity index (χ0v) is 13.0. The molecule has 0 saturated carbocycles. The van der Waals surface area contributed by atoms with E-state index in [0.717, 1.165) is 24.8 Å². The lowest BCUT2D eigenvalue weighted by Crippen LogP contribution is -2.40. The number of aliphatic hydroxyl groups is 1. The van der Waals surface area contributed by atoms with Crippen LogP contribution in [-0.2, 0) is 0 Å². The van der Waals surface area contributed by atoms with E-state index >= 15 is 0 Å². The maximum absolute atomic E-state index is 8.91. The van der Waals surface area contributed by atoms with Crippen molar-refractivity contribution in [3.05, 3.63) is 0 Å². The highest BCUT2D eigenvalue weighted by atomic mass is 79.9. The fourth-order valence-corrected chi connectivity index (χ4v) is 2.85. The Morgan fingerprint density at radius 1 is 1.25 bits per heavy atom. The SMILES string of the molecule is CC(C)N(CCCO)CC(CBr)C(C)(C)C. The first-order valence-electron chi connectivity index (χ1n) is 6.23. The normalized spacial score (nSPS) is 14.8. The molecule has 16 heavy (non-hydrogen) atoms. The van der Waals surface area contributed by atoms with Crippen LogP contribution in [0.3, 0.4) is 0 Å². The van der Waals surface area contributed by atoms with Crippen molar-refractivity contribution in [3.63, 3.8) is 0 Å². The number of aliphatic hydroxyl groups excluding tert-OH is 1. The van der Waals surface area contributed by atoms with Gasteiger partial charge >= 0.3 is 0 Å². The Balaban J connectivity index is 4.35. The zero-order chi connectivity index (χ0) is 12.8. The standard InChI is InChI=1S/C13H28BrNO/c1-11(2)15(7-6-8-16)10-12(9-14)13(3,4)5/h11-12,16H,6-10H2,1-5H3. The van der Waals surface area contributed by atoms with Crippen LogP contribution in [0.15, 0.2) is 0 Å². The minimum absolute atomic E-state index is 0.289. The Bertz CT molecular complexity index is 177. The summed E-state index contributed by atoms with van der Waals surface area (Å²) in [6.07, 6.45) is 0.872. The van der Waals surface area contributed by atoms with Crippen LogP contribution in [0.5, 0.6) is 0 Å². The average Bonchev–Trinajstić information content (AvgIpc) is 2.15. The van der Waals surface area contributed by atoms with E-state index in [0.29, 0.717) is 17.4 Å². The van der Waals surface area contributed by atoms with Crippen molar-refractivity contribution in [2.45, 2.75) is 47.1 Å². The Morgan fingerprint density at radius 3 is 2.12 bits per heavy atom. The van der Waals surface area contributed by atoms with Crippen LogP contribution in [0.25, 0.3) is 0 Å². The molecule has 2 nitrogen and oxygen atoms in total. The van der Waals surface area contributed by atoms with Crippen LogP contribution in [0.1, 0.15) is 41.0 Å². The molecule has 0 aromatic rings. The first-order chi connectivity index (χ1) is 7.32. The zero-order valence-electron chi connectivity index (χ0n) is 11.5. The van der Waals surface area contributed by atoms with E-state index in [9.17, 15) is 0 Å². The average molecular weight is 294 g/mol. The first kappa shape index (κ1) is 16.4. The molecule has 98 valence electrons. The molecule has 0 aliphatic rings. The second kappa shape index (κ2) is 7.67. The molecule has 0 aliphatic carbocycles. The van der Waals surface area contributed by atoms with E-state index in [1.54, 1.807) is 0 Å². The van der Waals surface area contributed by atoms with Crippen LogP contribution >= 0.6 is 15.9 Å². The molecule has 0 amide bonds. The van der Waals surface area contributed by atoms with Crippen LogP contribution < -0.4 is 0 Å². The summed E-state index contributed by atoms with van der Waals surface area (Å²) in [6.45, 7) is 13.7. The highest BCUT2D eigenvalue weighted by Gasteiger charge is 2.26. The van der Waals surface area contributed by atoms with E-state index in [1.807, 2.05) is 0 Å². The molecule has 0 rings (SSSR count). The van der Waals surface area contributed by atoms with E-state index in [1.165, 1.54) is 0 Å². The molecule has 0 aromatic carbocycles. The van der Waals surface area contributed by atoms with Crippen LogP contribution in [0.4, 0.5) is 0 Å². The van der Waals surface area contributed by atoms with Gasteiger partial charge in [-0.1, -0.05) is 36.7 Å². The molecule has 0 aromatic heterocycles. The molecular formula is C13H28BrNO. The summed E-state index contributed by atoms with van der Waals surface area (Å²) in [7, 11) is 0. The summed E-state index contributed by atoms with van der Waals surface area (Å²) in [6, 6.07) is 0.551. The second-order valence-electron chi connectivity index (χ2n) is 5.88. The summed E-state index contributed by atoms with van der Waals surface area (Å²) >= 11 is 3.62. The van der Waals surface area contributed by atoms with Crippen molar-refractivity contribution in [1.82, 2.24) is 4.90 Å². The van der Waals surface area contributed by atoms with Gasteiger partial charge in [0, 0.05) is 31.1 Å². The molecule has 1 atom stereocenters. The topological polar surface area (TPSA) is 23.5 Å². The van der Waals surface area contributed by atoms with Crippen molar-refractivity contribution >= 4 is 15.9 Å². The second-order valence-corrected chi connectivity index (χ2v) is 6.53. The Labute approximate surface area is 110 Å². The van der Waals surface area contributed by atoms with Crippen LogP contribution in [0, 0.1) is 11.3 Å². The fraction of sp³-hybridized carbons (Fsp3) is 1.00. The third-order valence-electron chi connectivity index (χ3n) is 3.20. The van der Waals surface area contributed by atoms with Gasteiger partial charge in [0.25, 0.3) is 0 Å². The summed E-state index contributed by atoms with van der Waals surface area (Å²) in [5.74, 6) is 0.647. The van der Waals surface area contributed by atoms with Gasteiger partial charge in [-0.3, -0.25) is 0 Å². The summed E-state index contributed by atoms with van der Waals surface area (Å²) in [5.41, 5.74) is 0.329. The van der Waals surface area contributed by atoms with Crippen molar-refractivity contribution in [1.29, 1.82) is 0 Å². The van der Waals surface area contributed by atoms with E-state index in [2.05, 4.69) is 55.4 Å². The van der Waals surface area contributed by atoms with Crippen molar-refractivity contribution in [3.8, 4) is 0 Å². The monoisotopic (exact) mass is 293 g/mol. The fourth-order valence-electron chi connectivity index (χ4n) is 1.67. The lowest BCUT2D eigenvalue weighted by atomic mass is 9.81. The van der Waals surface area contributed by atoms with E-state index < -0.39 is 0 Å². The van der Waals surface area contributed by atoms with Gasteiger partial charge in [0.05, 0.1) is 0 Å². The predicted molar refractivity (Wildman–Crippen MR) is 75.2 cm³/mol. The molecule has 3 heteroatoms. The third kappa shape index (κ3) is 6.21. The lowest BCUT2D eigenvalue weighted by Gasteiger charge is -2.36. The van der Waals surface area contributed by atoms with E-state index in [-0.39, 0.29) is 6.61 Å². The molecule has 1 N–H and O–H groups in total. The summed E-state index contributed by atoms with van der Waals surface area (Å²) in [4.78, 5) is 2.47. The molecule has 0 heterocycles. The maximum Gasteiger partial charge on any atom is 0.0443 e. The molecule has 0 spiro atoms. The number of alkyl halides is 1. The minimum atomic E-state index is 0.289. The van der Waals surface area contributed by atoms with Gasteiger partial charge in [-0.15, -0.1) is 0 Å². The van der Waals surface area contributed by atoms with Gasteiger partial charge in [0.1, 0.15) is 0 Å². The number of halogens is 1. The third-order valence-corrected chi connectivity index (χ3v) is 3.98. The summed E-state index contributed by atoms with van der Waals surface area (Å²) in [5, 5.41) is 9.95. The molecule has 0 saturated heterocycles. The maximum atomic E-state index is 8.91. The van der Waals surface area contributed by atoms with Gasteiger partial charge in [0.2, 0.25) is 0 Å². The predicted octanol–water partition coefficient (Wildman–Crippen LogP) is 3.14. The number of rotatable bonds is 7.